The van der Waals surface area contributed by atoms with Crippen molar-refractivity contribution >= 4 is 16.0 Å². The topological polar surface area (TPSA) is 78.4 Å². The van der Waals surface area contributed by atoms with Crippen molar-refractivity contribution in [2.75, 3.05) is 44.2 Å². The zero-order chi connectivity index (χ0) is 19.1. The van der Waals surface area contributed by atoms with Crippen molar-refractivity contribution in [3.8, 4) is 0 Å². The molecule has 1 aromatic carbocycles. The van der Waals surface area contributed by atoms with E-state index >= 15 is 0 Å². The van der Waals surface area contributed by atoms with Crippen LogP contribution in [0.25, 0.3) is 0 Å². The molecule has 1 aliphatic rings. The molecule has 27 heavy (non-hydrogen) atoms. The van der Waals surface area contributed by atoms with Crippen LogP contribution >= 0.6 is 0 Å². The Kier molecular flexibility index (Phi) is 6.76. The molecule has 0 radical (unpaired) electrons. The molecule has 0 spiro atoms. The van der Waals surface area contributed by atoms with Crippen molar-refractivity contribution in [3.05, 3.63) is 48.3 Å². The van der Waals surface area contributed by atoms with Crippen molar-refractivity contribution in [2.45, 2.75) is 24.7 Å². The molecule has 1 fully saturated rings. The van der Waals surface area contributed by atoms with Gasteiger partial charge in [0.25, 0.3) is 0 Å². The minimum atomic E-state index is -3.44. The highest BCUT2D eigenvalue weighted by Crippen LogP contribution is 2.15. The van der Waals surface area contributed by atoms with E-state index in [9.17, 15) is 8.42 Å². The molecule has 8 heteroatoms. The molecular weight excluding hydrogens is 362 g/mol. The fourth-order valence-electron chi connectivity index (χ4n) is 3.27. The molecule has 0 amide bonds. The SMILES string of the molecule is CCc1ccccc1S(=O)(=O)NCCCN1CCN(c2ncccn2)CC1. The maximum Gasteiger partial charge on any atom is 0.240 e. The number of sulfonamides is 1. The van der Waals surface area contributed by atoms with Gasteiger partial charge in [-0.1, -0.05) is 25.1 Å². The second kappa shape index (κ2) is 9.25. The lowest BCUT2D eigenvalue weighted by Gasteiger charge is -2.34. The van der Waals surface area contributed by atoms with Gasteiger partial charge >= 0.3 is 0 Å². The van der Waals surface area contributed by atoms with Gasteiger partial charge < -0.3 is 4.90 Å². The summed E-state index contributed by atoms with van der Waals surface area (Å²) < 4.78 is 27.8. The van der Waals surface area contributed by atoms with E-state index in [1.807, 2.05) is 25.1 Å². The van der Waals surface area contributed by atoms with Gasteiger partial charge in [0.2, 0.25) is 16.0 Å². The van der Waals surface area contributed by atoms with E-state index in [1.165, 1.54) is 0 Å². The first-order valence-corrected chi connectivity index (χ1v) is 10.9. The quantitative estimate of drug-likeness (QED) is 0.690. The number of rotatable bonds is 8. The second-order valence-corrected chi connectivity index (χ2v) is 8.33. The normalized spacial score (nSPS) is 15.8. The van der Waals surface area contributed by atoms with Gasteiger partial charge in [-0.2, -0.15) is 0 Å². The number of nitrogens with zero attached hydrogens (tertiary/aromatic N) is 4. The molecule has 2 aromatic rings. The Hall–Kier alpha value is -2.03. The van der Waals surface area contributed by atoms with Gasteiger partial charge in [0.1, 0.15) is 0 Å². The number of hydrogen-bond donors (Lipinski definition) is 1. The first kappa shape index (κ1) is 19.7. The van der Waals surface area contributed by atoms with Crippen molar-refractivity contribution in [1.29, 1.82) is 0 Å². The number of hydrogen-bond acceptors (Lipinski definition) is 6. The molecule has 0 unspecified atom stereocenters. The molecule has 0 bridgehead atoms. The minimum Gasteiger partial charge on any atom is -0.338 e. The highest BCUT2D eigenvalue weighted by Gasteiger charge is 2.19. The zero-order valence-electron chi connectivity index (χ0n) is 15.7. The summed E-state index contributed by atoms with van der Waals surface area (Å²) in [5.41, 5.74) is 0.851. The van der Waals surface area contributed by atoms with Gasteiger partial charge in [-0.25, -0.2) is 23.1 Å². The van der Waals surface area contributed by atoms with Gasteiger partial charge in [-0.3, -0.25) is 4.90 Å². The predicted octanol–water partition coefficient (Wildman–Crippen LogP) is 1.53. The number of anilines is 1. The van der Waals surface area contributed by atoms with Gasteiger partial charge in [0.15, 0.2) is 0 Å². The highest BCUT2D eigenvalue weighted by molar-refractivity contribution is 7.89. The number of benzene rings is 1. The van der Waals surface area contributed by atoms with Crippen LogP contribution in [0.5, 0.6) is 0 Å². The molecule has 1 aliphatic heterocycles. The lowest BCUT2D eigenvalue weighted by atomic mass is 10.2. The maximum absolute atomic E-state index is 12.5. The molecule has 2 heterocycles. The largest absolute Gasteiger partial charge is 0.338 e. The first-order valence-electron chi connectivity index (χ1n) is 9.42. The van der Waals surface area contributed by atoms with Crippen molar-refractivity contribution < 1.29 is 8.42 Å². The molecule has 1 aromatic heterocycles. The highest BCUT2D eigenvalue weighted by atomic mass is 32.2. The Bertz CT molecular complexity index is 821. The lowest BCUT2D eigenvalue weighted by Crippen LogP contribution is -2.47. The summed E-state index contributed by atoms with van der Waals surface area (Å²) in [6.07, 6.45) is 5.01. The number of aromatic nitrogens is 2. The van der Waals surface area contributed by atoms with Crippen LogP contribution in [0.3, 0.4) is 0 Å². The molecule has 3 rings (SSSR count). The van der Waals surface area contributed by atoms with E-state index < -0.39 is 10.0 Å². The van der Waals surface area contributed by atoms with E-state index in [0.717, 1.165) is 50.7 Å². The van der Waals surface area contributed by atoms with Crippen molar-refractivity contribution in [3.63, 3.8) is 0 Å². The Labute approximate surface area is 161 Å². The van der Waals surface area contributed by atoms with E-state index in [0.29, 0.717) is 17.9 Å². The number of piperazine rings is 1. The van der Waals surface area contributed by atoms with Crippen LogP contribution in [0.2, 0.25) is 0 Å². The van der Waals surface area contributed by atoms with Crippen LogP contribution in [0.15, 0.2) is 47.6 Å². The lowest BCUT2D eigenvalue weighted by molar-refractivity contribution is 0.254. The number of aryl methyl sites for hydroxylation is 1. The van der Waals surface area contributed by atoms with Crippen LogP contribution in [0, 0.1) is 0 Å². The molecule has 1 saturated heterocycles. The first-order chi connectivity index (χ1) is 13.1. The average molecular weight is 390 g/mol. The van der Waals surface area contributed by atoms with Crippen molar-refractivity contribution in [1.82, 2.24) is 19.6 Å². The maximum atomic E-state index is 12.5. The summed E-state index contributed by atoms with van der Waals surface area (Å²) in [7, 11) is -3.44. The summed E-state index contributed by atoms with van der Waals surface area (Å²) >= 11 is 0. The Morgan fingerprint density at radius 1 is 1.04 bits per heavy atom. The third kappa shape index (κ3) is 5.24. The zero-order valence-corrected chi connectivity index (χ0v) is 16.5. The van der Waals surface area contributed by atoms with E-state index in [1.54, 1.807) is 24.5 Å². The number of nitrogens with one attached hydrogen (secondary N) is 1. The molecule has 1 N–H and O–H groups in total. The van der Waals surface area contributed by atoms with Crippen LogP contribution in [0.4, 0.5) is 5.95 Å². The molecule has 0 aliphatic carbocycles. The van der Waals surface area contributed by atoms with Crippen molar-refractivity contribution in [2.24, 2.45) is 0 Å². The van der Waals surface area contributed by atoms with Gasteiger partial charge in [0.05, 0.1) is 4.90 Å². The fraction of sp³-hybridized carbons (Fsp3) is 0.474. The van der Waals surface area contributed by atoms with Gasteiger partial charge in [-0.05, 0) is 37.1 Å². The van der Waals surface area contributed by atoms with Gasteiger partial charge in [-0.15, -0.1) is 0 Å². The summed E-state index contributed by atoms with van der Waals surface area (Å²) in [5, 5.41) is 0. The molecule has 7 nitrogen and oxygen atoms in total. The summed E-state index contributed by atoms with van der Waals surface area (Å²) in [5.74, 6) is 0.777. The summed E-state index contributed by atoms with van der Waals surface area (Å²) in [6, 6.07) is 9.00. The summed E-state index contributed by atoms with van der Waals surface area (Å²) in [4.78, 5) is 13.5. The van der Waals surface area contributed by atoms with Crippen LogP contribution in [-0.4, -0.2) is 62.6 Å². The second-order valence-electron chi connectivity index (χ2n) is 6.59. The fourth-order valence-corrected chi connectivity index (χ4v) is 4.65. The Balaban J connectivity index is 1.42. The Morgan fingerprint density at radius 2 is 1.74 bits per heavy atom. The minimum absolute atomic E-state index is 0.393. The predicted molar refractivity (Wildman–Crippen MR) is 106 cm³/mol. The smallest absolute Gasteiger partial charge is 0.240 e. The van der Waals surface area contributed by atoms with Gasteiger partial charge in [0, 0.05) is 45.1 Å². The van der Waals surface area contributed by atoms with E-state index in [2.05, 4.69) is 24.5 Å². The summed E-state index contributed by atoms with van der Waals surface area (Å²) in [6.45, 7) is 6.94. The third-order valence-electron chi connectivity index (χ3n) is 4.79. The van der Waals surface area contributed by atoms with E-state index in [4.69, 9.17) is 0 Å². The average Bonchev–Trinajstić information content (AvgIpc) is 2.72. The van der Waals surface area contributed by atoms with Crippen LogP contribution in [0.1, 0.15) is 18.9 Å². The van der Waals surface area contributed by atoms with Crippen LogP contribution < -0.4 is 9.62 Å². The third-order valence-corrected chi connectivity index (χ3v) is 6.35. The molecule has 146 valence electrons. The standard InChI is InChI=1S/C19H27N5O2S/c1-2-17-7-3-4-8-18(17)27(25,26)22-11-6-12-23-13-15-24(16-14-23)19-20-9-5-10-21-19/h3-5,7-10,22H,2,6,11-16H2,1H3. The molecule has 0 saturated carbocycles. The van der Waals surface area contributed by atoms with E-state index in [-0.39, 0.29) is 0 Å². The molecule has 0 atom stereocenters. The Morgan fingerprint density at radius 3 is 2.44 bits per heavy atom. The molecular formula is C19H27N5O2S. The van der Waals surface area contributed by atoms with Crippen LogP contribution in [-0.2, 0) is 16.4 Å². The monoisotopic (exact) mass is 389 g/mol.